The number of carbonyl (C=O) groups is 1. The number of rotatable bonds is 10. The first-order valence-corrected chi connectivity index (χ1v) is 9.92. The van der Waals surface area contributed by atoms with Crippen molar-refractivity contribution < 1.29 is 14.3 Å². The fraction of sp³-hybridized carbons (Fsp3) is 0.619. The molecule has 1 aromatic rings. The molecular formula is C21H37IN4O3. The topological polar surface area (TPSA) is 75.2 Å². The van der Waals surface area contributed by atoms with Gasteiger partial charge in [-0.15, -0.1) is 24.0 Å². The van der Waals surface area contributed by atoms with Crippen LogP contribution in [0.15, 0.2) is 23.2 Å². The van der Waals surface area contributed by atoms with Crippen LogP contribution in [0.5, 0.6) is 11.5 Å². The molecule has 0 bridgehead atoms. The predicted molar refractivity (Wildman–Crippen MR) is 130 cm³/mol. The van der Waals surface area contributed by atoms with Gasteiger partial charge in [0, 0.05) is 20.6 Å². The van der Waals surface area contributed by atoms with Gasteiger partial charge < -0.3 is 25.0 Å². The van der Waals surface area contributed by atoms with Gasteiger partial charge in [-0.3, -0.25) is 4.79 Å². The van der Waals surface area contributed by atoms with Crippen LogP contribution in [-0.4, -0.2) is 57.2 Å². The normalized spacial score (nSPS) is 12.1. The van der Waals surface area contributed by atoms with E-state index in [1.54, 1.807) is 14.1 Å². The smallest absolute Gasteiger partial charge is 0.243 e. The third-order valence-electron chi connectivity index (χ3n) is 3.97. The molecule has 0 aliphatic carbocycles. The third-order valence-corrected chi connectivity index (χ3v) is 3.97. The van der Waals surface area contributed by atoms with Crippen molar-refractivity contribution in [2.75, 3.05) is 40.4 Å². The Kier molecular flexibility index (Phi) is 13.5. The Morgan fingerprint density at radius 3 is 2.28 bits per heavy atom. The summed E-state index contributed by atoms with van der Waals surface area (Å²) in [6.07, 6.45) is 0. The molecule has 1 atom stereocenters. The van der Waals surface area contributed by atoms with Crippen LogP contribution in [0.3, 0.4) is 0 Å². The monoisotopic (exact) mass is 520 g/mol. The van der Waals surface area contributed by atoms with E-state index in [1.165, 1.54) is 4.90 Å². The minimum Gasteiger partial charge on any atom is -0.490 e. The predicted octanol–water partition coefficient (Wildman–Crippen LogP) is 3.44. The fourth-order valence-electron chi connectivity index (χ4n) is 2.37. The summed E-state index contributed by atoms with van der Waals surface area (Å²) in [7, 11) is 3.45. The van der Waals surface area contributed by atoms with E-state index in [0.29, 0.717) is 25.1 Å². The number of guanidine groups is 1. The lowest BCUT2D eigenvalue weighted by Crippen LogP contribution is -2.41. The Morgan fingerprint density at radius 1 is 1.10 bits per heavy atom. The minimum absolute atomic E-state index is 0. The molecule has 166 valence electrons. The zero-order valence-corrected chi connectivity index (χ0v) is 21.1. The highest BCUT2D eigenvalue weighted by molar-refractivity contribution is 14.0. The molecule has 0 heterocycles. The third kappa shape index (κ3) is 10.0. The van der Waals surface area contributed by atoms with Crippen LogP contribution >= 0.6 is 24.0 Å². The number of carbonyl (C=O) groups excluding carboxylic acids is 1. The van der Waals surface area contributed by atoms with Gasteiger partial charge in [0.1, 0.15) is 6.54 Å². The molecule has 0 radical (unpaired) electrons. The zero-order chi connectivity index (χ0) is 21.1. The maximum atomic E-state index is 11.9. The van der Waals surface area contributed by atoms with Crippen LogP contribution in [0.2, 0.25) is 0 Å². The summed E-state index contributed by atoms with van der Waals surface area (Å²) in [6.45, 7) is 12.2. The summed E-state index contributed by atoms with van der Waals surface area (Å²) in [6, 6.07) is 5.89. The molecule has 0 fully saturated rings. The molecule has 0 spiro atoms. The maximum absolute atomic E-state index is 11.9. The number of ether oxygens (including phenoxy) is 2. The Bertz CT molecular complexity index is 651. The molecule has 8 heteroatoms. The average Bonchev–Trinajstić information content (AvgIpc) is 2.65. The van der Waals surface area contributed by atoms with Gasteiger partial charge in [-0.25, -0.2) is 4.99 Å². The van der Waals surface area contributed by atoms with Crippen molar-refractivity contribution in [3.8, 4) is 11.5 Å². The van der Waals surface area contributed by atoms with E-state index in [1.807, 2.05) is 39.0 Å². The van der Waals surface area contributed by atoms with Crippen LogP contribution in [0, 0.1) is 5.92 Å². The highest BCUT2D eigenvalue weighted by atomic mass is 127. The van der Waals surface area contributed by atoms with Gasteiger partial charge in [0.05, 0.1) is 19.3 Å². The summed E-state index contributed by atoms with van der Waals surface area (Å²) >= 11 is 0. The van der Waals surface area contributed by atoms with Crippen molar-refractivity contribution >= 4 is 35.8 Å². The summed E-state index contributed by atoms with van der Waals surface area (Å²) < 4.78 is 11.4. The Balaban J connectivity index is 0.00000784. The number of nitrogens with zero attached hydrogens (tertiary/aromatic N) is 2. The molecule has 1 rings (SSSR count). The van der Waals surface area contributed by atoms with Crippen molar-refractivity contribution in [2.45, 2.75) is 40.7 Å². The van der Waals surface area contributed by atoms with Crippen molar-refractivity contribution in [3.05, 3.63) is 23.8 Å². The largest absolute Gasteiger partial charge is 0.490 e. The lowest BCUT2D eigenvalue weighted by atomic mass is 10.1. The van der Waals surface area contributed by atoms with Crippen LogP contribution in [0.25, 0.3) is 0 Å². The molecule has 0 saturated carbocycles. The van der Waals surface area contributed by atoms with Gasteiger partial charge in [0.15, 0.2) is 17.5 Å². The van der Waals surface area contributed by atoms with Gasteiger partial charge >= 0.3 is 0 Å². The molecule has 1 aromatic carbocycles. The quantitative estimate of drug-likeness (QED) is 0.281. The SMILES string of the molecule is CCOc1ccc(C(C)NC(=NCC(=O)N(C)C)NCC(C)C)cc1OCC.I. The Hall–Kier alpha value is -1.71. The molecule has 7 nitrogen and oxygen atoms in total. The summed E-state index contributed by atoms with van der Waals surface area (Å²) in [5, 5.41) is 6.67. The van der Waals surface area contributed by atoms with Crippen LogP contribution in [-0.2, 0) is 4.79 Å². The van der Waals surface area contributed by atoms with E-state index < -0.39 is 0 Å². The van der Waals surface area contributed by atoms with Crippen molar-refractivity contribution in [1.29, 1.82) is 0 Å². The highest BCUT2D eigenvalue weighted by Crippen LogP contribution is 2.30. The van der Waals surface area contributed by atoms with Gasteiger partial charge in [-0.05, 0) is 44.4 Å². The number of nitrogens with one attached hydrogen (secondary N) is 2. The molecule has 29 heavy (non-hydrogen) atoms. The van der Waals surface area contributed by atoms with Gasteiger partial charge in [0.25, 0.3) is 0 Å². The molecule has 0 aliphatic rings. The average molecular weight is 520 g/mol. The highest BCUT2D eigenvalue weighted by Gasteiger charge is 2.13. The first kappa shape index (κ1) is 27.3. The summed E-state index contributed by atoms with van der Waals surface area (Å²) in [4.78, 5) is 17.9. The van der Waals surface area contributed by atoms with Crippen LogP contribution in [0.4, 0.5) is 0 Å². The number of hydrogen-bond donors (Lipinski definition) is 2. The first-order valence-electron chi connectivity index (χ1n) is 9.92. The number of aliphatic imine (C=N–C) groups is 1. The maximum Gasteiger partial charge on any atom is 0.243 e. The van der Waals surface area contributed by atoms with Gasteiger partial charge in [0.2, 0.25) is 5.91 Å². The van der Waals surface area contributed by atoms with E-state index in [0.717, 1.165) is 23.6 Å². The minimum atomic E-state index is -0.0435. The van der Waals surface area contributed by atoms with Crippen molar-refractivity contribution in [2.24, 2.45) is 10.9 Å². The second kappa shape index (κ2) is 14.3. The zero-order valence-electron chi connectivity index (χ0n) is 18.7. The van der Waals surface area contributed by atoms with E-state index in [2.05, 4.69) is 29.5 Å². The van der Waals surface area contributed by atoms with Crippen LogP contribution in [0.1, 0.15) is 46.2 Å². The fourth-order valence-corrected chi connectivity index (χ4v) is 2.37. The molecule has 2 N–H and O–H groups in total. The van der Waals surface area contributed by atoms with Crippen molar-refractivity contribution in [3.63, 3.8) is 0 Å². The number of likely N-dealkylation sites (N-methyl/N-ethyl adjacent to an activating group) is 1. The molecule has 1 unspecified atom stereocenters. The standard InChI is InChI=1S/C21H36N4O3.HI/c1-8-27-18-11-10-17(12-19(18)28-9-2)16(5)24-21(22-13-15(3)4)23-14-20(26)25(6)7;/h10-12,15-16H,8-9,13-14H2,1-7H3,(H2,22,23,24);1H. The molecule has 0 aromatic heterocycles. The second-order valence-electron chi connectivity index (χ2n) is 7.17. The summed E-state index contributed by atoms with van der Waals surface area (Å²) in [5.41, 5.74) is 1.05. The number of benzene rings is 1. The number of amides is 1. The summed E-state index contributed by atoms with van der Waals surface area (Å²) in [5.74, 6) is 2.50. The number of hydrogen-bond acceptors (Lipinski definition) is 4. The Morgan fingerprint density at radius 2 is 1.72 bits per heavy atom. The lowest BCUT2D eigenvalue weighted by Gasteiger charge is -2.21. The molecular weight excluding hydrogens is 483 g/mol. The molecule has 0 aliphatic heterocycles. The lowest BCUT2D eigenvalue weighted by molar-refractivity contribution is -0.127. The van der Waals surface area contributed by atoms with Gasteiger partial charge in [-0.1, -0.05) is 19.9 Å². The molecule has 1 amide bonds. The van der Waals surface area contributed by atoms with E-state index in [9.17, 15) is 4.79 Å². The van der Waals surface area contributed by atoms with Crippen LogP contribution < -0.4 is 20.1 Å². The van der Waals surface area contributed by atoms with Gasteiger partial charge in [-0.2, -0.15) is 0 Å². The first-order chi connectivity index (χ1) is 13.3. The molecule has 0 saturated heterocycles. The number of halogens is 1. The van der Waals surface area contributed by atoms with E-state index >= 15 is 0 Å². The second-order valence-corrected chi connectivity index (χ2v) is 7.17. The Labute approximate surface area is 192 Å². The van der Waals surface area contributed by atoms with E-state index in [4.69, 9.17) is 9.47 Å². The van der Waals surface area contributed by atoms with Crippen molar-refractivity contribution in [1.82, 2.24) is 15.5 Å². The van der Waals surface area contributed by atoms with E-state index in [-0.39, 0.29) is 42.5 Å².